The van der Waals surface area contributed by atoms with Gasteiger partial charge in [-0.15, -0.1) is 0 Å². The van der Waals surface area contributed by atoms with Gasteiger partial charge in [0.2, 0.25) is 12.5 Å². The van der Waals surface area contributed by atoms with Crippen LogP contribution in [0.25, 0.3) is 0 Å². The van der Waals surface area contributed by atoms with Crippen LogP contribution >= 0.6 is 0 Å². The van der Waals surface area contributed by atoms with Gasteiger partial charge in [-0.3, -0.25) is 0 Å². The van der Waals surface area contributed by atoms with Gasteiger partial charge in [0.1, 0.15) is 0 Å². The number of ether oxygens (including phenoxy) is 1. The number of nitrogens with one attached hydrogen (secondary N) is 1. The van der Waals surface area contributed by atoms with Crippen LogP contribution in [-0.4, -0.2) is 18.4 Å². The summed E-state index contributed by atoms with van der Waals surface area (Å²) >= 11 is 0. The predicted octanol–water partition coefficient (Wildman–Crippen LogP) is 2.16. The van der Waals surface area contributed by atoms with Gasteiger partial charge in [0.15, 0.2) is 5.84 Å². The SMILES string of the molecule is CCC(C)c1ccc(C2=NC3OC3ON2)cc1. The first-order valence-electron chi connectivity index (χ1n) is 6.03. The van der Waals surface area contributed by atoms with Crippen LogP contribution in [0.3, 0.4) is 0 Å². The summed E-state index contributed by atoms with van der Waals surface area (Å²) < 4.78 is 5.14. The maximum Gasteiger partial charge on any atom is 0.233 e. The number of benzene rings is 1. The molecule has 0 aliphatic carbocycles. The van der Waals surface area contributed by atoms with Crippen LogP contribution in [0, 0.1) is 0 Å². The van der Waals surface area contributed by atoms with Gasteiger partial charge >= 0.3 is 0 Å². The van der Waals surface area contributed by atoms with Crippen LogP contribution in [0.4, 0.5) is 0 Å². The Kier molecular flexibility index (Phi) is 2.61. The van der Waals surface area contributed by atoms with E-state index in [0.29, 0.717) is 5.92 Å². The normalized spacial score (nSPS) is 27.8. The molecule has 0 amide bonds. The van der Waals surface area contributed by atoms with Gasteiger partial charge in [0.05, 0.1) is 0 Å². The van der Waals surface area contributed by atoms with Gasteiger partial charge in [-0.2, -0.15) is 0 Å². The highest BCUT2D eigenvalue weighted by Gasteiger charge is 2.44. The number of fused-ring (bicyclic) bond motifs is 1. The molecule has 17 heavy (non-hydrogen) atoms. The predicted molar refractivity (Wildman–Crippen MR) is 64.6 cm³/mol. The molecule has 1 saturated heterocycles. The van der Waals surface area contributed by atoms with E-state index in [4.69, 9.17) is 9.57 Å². The average Bonchev–Trinajstić information content (AvgIpc) is 3.16. The Bertz CT molecular complexity index is 441. The molecule has 0 saturated carbocycles. The number of hydroxylamine groups is 1. The van der Waals surface area contributed by atoms with E-state index >= 15 is 0 Å². The van der Waals surface area contributed by atoms with Gasteiger partial charge in [-0.1, -0.05) is 38.1 Å². The molecule has 3 rings (SSSR count). The summed E-state index contributed by atoms with van der Waals surface area (Å²) in [4.78, 5) is 9.59. The Morgan fingerprint density at radius 1 is 1.35 bits per heavy atom. The third kappa shape index (κ3) is 2.06. The van der Waals surface area contributed by atoms with Crippen molar-refractivity contribution in [2.24, 2.45) is 4.99 Å². The topological polar surface area (TPSA) is 46.2 Å². The van der Waals surface area contributed by atoms with Crippen molar-refractivity contribution in [1.82, 2.24) is 5.48 Å². The maximum absolute atomic E-state index is 5.21. The Labute approximate surface area is 101 Å². The van der Waals surface area contributed by atoms with Crippen molar-refractivity contribution in [2.75, 3.05) is 0 Å². The van der Waals surface area contributed by atoms with E-state index in [9.17, 15) is 0 Å². The van der Waals surface area contributed by atoms with E-state index in [1.165, 1.54) is 5.56 Å². The first-order valence-corrected chi connectivity index (χ1v) is 6.03. The molecule has 3 atom stereocenters. The third-order valence-corrected chi connectivity index (χ3v) is 3.32. The van der Waals surface area contributed by atoms with Crippen molar-refractivity contribution in [3.63, 3.8) is 0 Å². The molecule has 2 heterocycles. The van der Waals surface area contributed by atoms with Crippen molar-refractivity contribution < 1.29 is 9.57 Å². The number of hydrogen-bond acceptors (Lipinski definition) is 4. The van der Waals surface area contributed by atoms with Gasteiger partial charge in [0, 0.05) is 5.56 Å². The summed E-state index contributed by atoms with van der Waals surface area (Å²) in [5, 5.41) is 0. The Balaban J connectivity index is 1.80. The minimum Gasteiger partial charge on any atom is -0.315 e. The highest BCUT2D eigenvalue weighted by molar-refractivity contribution is 5.98. The first kappa shape index (κ1) is 10.7. The molecule has 0 bridgehead atoms. The van der Waals surface area contributed by atoms with Gasteiger partial charge in [-0.05, 0) is 17.9 Å². The molecule has 1 N–H and O–H groups in total. The molecule has 2 aliphatic heterocycles. The van der Waals surface area contributed by atoms with Crippen molar-refractivity contribution in [1.29, 1.82) is 0 Å². The van der Waals surface area contributed by atoms with Crippen molar-refractivity contribution >= 4 is 5.84 Å². The lowest BCUT2D eigenvalue weighted by molar-refractivity contribution is 0.00901. The highest BCUT2D eigenvalue weighted by Crippen LogP contribution is 2.27. The standard InChI is InChI=1S/C13H16N2O2/c1-3-8(2)9-4-6-10(7-5-9)11-14-12-13(16-12)17-15-11/h4-8,12-13H,3H2,1-2H3,(H,14,15). The fourth-order valence-corrected chi connectivity index (χ4v) is 1.88. The average molecular weight is 232 g/mol. The molecule has 1 fully saturated rings. The van der Waals surface area contributed by atoms with Crippen LogP contribution in [0.2, 0.25) is 0 Å². The lowest BCUT2D eigenvalue weighted by atomic mass is 9.97. The maximum atomic E-state index is 5.21. The molecule has 90 valence electrons. The number of hydrogen-bond donors (Lipinski definition) is 1. The summed E-state index contributed by atoms with van der Waals surface area (Å²) in [5.41, 5.74) is 5.20. The summed E-state index contributed by atoms with van der Waals surface area (Å²) in [6.07, 6.45) is 0.859. The number of epoxide rings is 1. The smallest absolute Gasteiger partial charge is 0.233 e. The molecule has 4 nitrogen and oxygen atoms in total. The monoisotopic (exact) mass is 232 g/mol. The molecular formula is C13H16N2O2. The van der Waals surface area contributed by atoms with Gasteiger partial charge in [-0.25, -0.2) is 15.3 Å². The van der Waals surface area contributed by atoms with E-state index < -0.39 is 0 Å². The minimum atomic E-state index is -0.182. The fraction of sp³-hybridized carbons (Fsp3) is 0.462. The van der Waals surface area contributed by atoms with Crippen LogP contribution in [0.1, 0.15) is 37.3 Å². The van der Waals surface area contributed by atoms with Crippen LogP contribution in [0.5, 0.6) is 0 Å². The minimum absolute atomic E-state index is 0.111. The Morgan fingerprint density at radius 2 is 2.12 bits per heavy atom. The first-order chi connectivity index (χ1) is 8.28. The lowest BCUT2D eigenvalue weighted by Crippen LogP contribution is -2.30. The lowest BCUT2D eigenvalue weighted by Gasteiger charge is -2.13. The zero-order valence-electron chi connectivity index (χ0n) is 10.0. The molecule has 0 radical (unpaired) electrons. The van der Waals surface area contributed by atoms with Gasteiger partial charge < -0.3 is 4.74 Å². The van der Waals surface area contributed by atoms with E-state index in [1.807, 2.05) is 0 Å². The molecule has 1 aromatic rings. The second-order valence-corrected chi connectivity index (χ2v) is 4.52. The summed E-state index contributed by atoms with van der Waals surface area (Å²) in [7, 11) is 0. The van der Waals surface area contributed by atoms with E-state index in [0.717, 1.165) is 17.8 Å². The van der Waals surface area contributed by atoms with E-state index in [2.05, 4.69) is 48.6 Å². The highest BCUT2D eigenvalue weighted by atomic mass is 16.8. The molecular weight excluding hydrogens is 216 g/mol. The van der Waals surface area contributed by atoms with Crippen molar-refractivity contribution in [3.05, 3.63) is 35.4 Å². The largest absolute Gasteiger partial charge is 0.315 e. The van der Waals surface area contributed by atoms with Crippen LogP contribution in [0.15, 0.2) is 29.3 Å². The molecule has 1 aromatic carbocycles. The molecule has 0 aromatic heterocycles. The van der Waals surface area contributed by atoms with E-state index in [-0.39, 0.29) is 12.5 Å². The van der Waals surface area contributed by atoms with Gasteiger partial charge in [0.25, 0.3) is 0 Å². The van der Waals surface area contributed by atoms with Crippen molar-refractivity contribution in [3.8, 4) is 0 Å². The Morgan fingerprint density at radius 3 is 2.76 bits per heavy atom. The van der Waals surface area contributed by atoms with Crippen molar-refractivity contribution in [2.45, 2.75) is 38.7 Å². The zero-order chi connectivity index (χ0) is 11.8. The third-order valence-electron chi connectivity index (χ3n) is 3.32. The molecule has 4 heteroatoms. The fourth-order valence-electron chi connectivity index (χ4n) is 1.88. The quantitative estimate of drug-likeness (QED) is 0.812. The summed E-state index contributed by atoms with van der Waals surface area (Å²) in [6.45, 7) is 4.43. The van der Waals surface area contributed by atoms with Crippen LogP contribution < -0.4 is 5.48 Å². The number of nitrogens with zero attached hydrogens (tertiary/aromatic N) is 1. The molecule has 3 unspecified atom stereocenters. The summed E-state index contributed by atoms with van der Waals surface area (Å²) in [6, 6.07) is 8.43. The number of amidine groups is 1. The number of aliphatic imine (C=N–C) groups is 1. The second kappa shape index (κ2) is 4.13. The van der Waals surface area contributed by atoms with Crippen LogP contribution in [-0.2, 0) is 9.57 Å². The summed E-state index contributed by atoms with van der Waals surface area (Å²) in [5.74, 6) is 1.34. The second-order valence-electron chi connectivity index (χ2n) is 4.52. The zero-order valence-corrected chi connectivity index (χ0v) is 10.0. The van der Waals surface area contributed by atoms with E-state index in [1.54, 1.807) is 0 Å². The molecule has 0 spiro atoms. The molecule has 2 aliphatic rings. The number of rotatable bonds is 3. The Hall–Kier alpha value is -1.39.